The predicted molar refractivity (Wildman–Crippen MR) is 73.3 cm³/mol. The number of nitrogens with one attached hydrogen (secondary N) is 1. The van der Waals surface area contributed by atoms with Gasteiger partial charge in [0.05, 0.1) is 6.61 Å². The summed E-state index contributed by atoms with van der Waals surface area (Å²) in [6.45, 7) is 1.93. The standard InChI is InChI=1S/C15H19NO3/c1-2-8-18-15(3-1)19-10-9-17-13-5-4-12-6-7-16-14(12)11-13/h4-7,11,15-16H,1-3,8-10H2. The average Bonchev–Trinajstić information content (AvgIpc) is 2.92. The molecule has 0 saturated carbocycles. The Balaban J connectivity index is 1.43. The van der Waals surface area contributed by atoms with Crippen LogP contribution in [0.2, 0.25) is 0 Å². The van der Waals surface area contributed by atoms with Crippen LogP contribution in [0, 0.1) is 0 Å². The van der Waals surface area contributed by atoms with E-state index < -0.39 is 0 Å². The summed E-state index contributed by atoms with van der Waals surface area (Å²) in [7, 11) is 0. The molecule has 1 unspecified atom stereocenters. The summed E-state index contributed by atoms with van der Waals surface area (Å²) >= 11 is 0. The lowest BCUT2D eigenvalue weighted by atomic mass is 10.2. The second kappa shape index (κ2) is 6.08. The Labute approximate surface area is 112 Å². The van der Waals surface area contributed by atoms with Crippen molar-refractivity contribution in [3.8, 4) is 5.75 Å². The van der Waals surface area contributed by atoms with Gasteiger partial charge in [-0.2, -0.15) is 0 Å². The van der Waals surface area contributed by atoms with Gasteiger partial charge in [0.1, 0.15) is 12.4 Å². The molecule has 1 N–H and O–H groups in total. The fraction of sp³-hybridized carbons (Fsp3) is 0.467. The number of fused-ring (bicyclic) bond motifs is 1. The lowest BCUT2D eigenvalue weighted by Gasteiger charge is -2.22. The predicted octanol–water partition coefficient (Wildman–Crippen LogP) is 3.09. The third-order valence-electron chi connectivity index (χ3n) is 3.32. The third kappa shape index (κ3) is 3.28. The van der Waals surface area contributed by atoms with Crippen LogP contribution in [0.3, 0.4) is 0 Å². The maximum absolute atomic E-state index is 5.67. The van der Waals surface area contributed by atoms with Crippen molar-refractivity contribution >= 4 is 10.9 Å². The SMILES string of the molecule is c1cc2ccc(OCCOC3CCCCO3)cc2[nH]1. The first-order chi connectivity index (χ1) is 9.42. The van der Waals surface area contributed by atoms with Gasteiger partial charge < -0.3 is 19.2 Å². The highest BCUT2D eigenvalue weighted by molar-refractivity contribution is 5.80. The van der Waals surface area contributed by atoms with Crippen LogP contribution >= 0.6 is 0 Å². The fourth-order valence-electron chi connectivity index (χ4n) is 2.30. The topological polar surface area (TPSA) is 43.5 Å². The average molecular weight is 261 g/mol. The van der Waals surface area contributed by atoms with E-state index >= 15 is 0 Å². The molecule has 0 spiro atoms. The van der Waals surface area contributed by atoms with Gasteiger partial charge in [0.25, 0.3) is 0 Å². The molecule has 102 valence electrons. The van der Waals surface area contributed by atoms with Crippen molar-refractivity contribution < 1.29 is 14.2 Å². The van der Waals surface area contributed by atoms with E-state index in [-0.39, 0.29) is 6.29 Å². The van der Waals surface area contributed by atoms with Crippen molar-refractivity contribution in [1.82, 2.24) is 4.98 Å². The van der Waals surface area contributed by atoms with E-state index in [1.165, 1.54) is 11.8 Å². The number of aromatic nitrogens is 1. The number of H-pyrrole nitrogens is 1. The van der Waals surface area contributed by atoms with Gasteiger partial charge in [0, 0.05) is 24.4 Å². The molecule has 4 nitrogen and oxygen atoms in total. The lowest BCUT2D eigenvalue weighted by Crippen LogP contribution is -2.24. The number of rotatable bonds is 5. The van der Waals surface area contributed by atoms with Crippen LogP contribution in [-0.4, -0.2) is 31.1 Å². The zero-order valence-corrected chi connectivity index (χ0v) is 10.9. The number of benzene rings is 1. The van der Waals surface area contributed by atoms with E-state index in [0.717, 1.165) is 30.7 Å². The van der Waals surface area contributed by atoms with E-state index in [9.17, 15) is 0 Å². The number of hydrogen-bond donors (Lipinski definition) is 1. The minimum Gasteiger partial charge on any atom is -0.491 e. The Morgan fingerprint density at radius 1 is 1.21 bits per heavy atom. The van der Waals surface area contributed by atoms with Crippen LogP contribution in [0.1, 0.15) is 19.3 Å². The zero-order chi connectivity index (χ0) is 12.9. The smallest absolute Gasteiger partial charge is 0.157 e. The molecule has 0 aliphatic carbocycles. The largest absolute Gasteiger partial charge is 0.491 e. The Morgan fingerprint density at radius 3 is 3.11 bits per heavy atom. The van der Waals surface area contributed by atoms with E-state index in [1.54, 1.807) is 0 Å². The van der Waals surface area contributed by atoms with Gasteiger partial charge in [0.15, 0.2) is 6.29 Å². The number of ether oxygens (including phenoxy) is 3. The second-order valence-electron chi connectivity index (χ2n) is 4.74. The van der Waals surface area contributed by atoms with Crippen molar-refractivity contribution in [2.45, 2.75) is 25.6 Å². The minimum atomic E-state index is -0.0387. The van der Waals surface area contributed by atoms with Gasteiger partial charge in [-0.05, 0) is 42.8 Å². The molecule has 1 atom stereocenters. The van der Waals surface area contributed by atoms with Gasteiger partial charge in [-0.3, -0.25) is 0 Å². The maximum Gasteiger partial charge on any atom is 0.157 e. The van der Waals surface area contributed by atoms with Crippen LogP contribution < -0.4 is 4.74 Å². The lowest BCUT2D eigenvalue weighted by molar-refractivity contribution is -0.165. The first kappa shape index (κ1) is 12.5. The van der Waals surface area contributed by atoms with Crippen molar-refractivity contribution in [2.24, 2.45) is 0 Å². The van der Waals surface area contributed by atoms with Crippen molar-refractivity contribution in [3.63, 3.8) is 0 Å². The first-order valence-electron chi connectivity index (χ1n) is 6.85. The Bertz CT molecular complexity index is 517. The molecule has 0 bridgehead atoms. The van der Waals surface area contributed by atoms with Crippen molar-refractivity contribution in [1.29, 1.82) is 0 Å². The summed E-state index contributed by atoms with van der Waals surface area (Å²) in [6, 6.07) is 8.08. The highest BCUT2D eigenvalue weighted by atomic mass is 16.7. The molecule has 2 aromatic rings. The minimum absolute atomic E-state index is 0.0387. The molecule has 0 amide bonds. The van der Waals surface area contributed by atoms with E-state index in [1.807, 2.05) is 30.5 Å². The van der Waals surface area contributed by atoms with Gasteiger partial charge in [-0.15, -0.1) is 0 Å². The number of aromatic amines is 1. The molecule has 3 rings (SSSR count). The Morgan fingerprint density at radius 2 is 2.21 bits per heavy atom. The normalized spacial score (nSPS) is 19.7. The molecule has 19 heavy (non-hydrogen) atoms. The third-order valence-corrected chi connectivity index (χ3v) is 3.32. The summed E-state index contributed by atoms with van der Waals surface area (Å²) in [4.78, 5) is 3.17. The molecular formula is C15H19NO3. The monoisotopic (exact) mass is 261 g/mol. The molecule has 1 aromatic heterocycles. The number of hydrogen-bond acceptors (Lipinski definition) is 3. The fourth-order valence-corrected chi connectivity index (χ4v) is 2.30. The van der Waals surface area contributed by atoms with Crippen molar-refractivity contribution in [2.75, 3.05) is 19.8 Å². The Kier molecular flexibility index (Phi) is 4.01. The molecule has 1 aliphatic heterocycles. The van der Waals surface area contributed by atoms with Gasteiger partial charge in [0.2, 0.25) is 0 Å². The zero-order valence-electron chi connectivity index (χ0n) is 10.9. The van der Waals surface area contributed by atoms with E-state index in [0.29, 0.717) is 13.2 Å². The van der Waals surface area contributed by atoms with Crippen LogP contribution in [0.25, 0.3) is 10.9 Å². The summed E-state index contributed by atoms with van der Waals surface area (Å²) in [5.74, 6) is 0.864. The van der Waals surface area contributed by atoms with Crippen LogP contribution in [0.5, 0.6) is 5.75 Å². The molecule has 1 saturated heterocycles. The van der Waals surface area contributed by atoms with Gasteiger partial charge >= 0.3 is 0 Å². The van der Waals surface area contributed by atoms with Crippen LogP contribution in [-0.2, 0) is 9.47 Å². The molecule has 0 radical (unpaired) electrons. The van der Waals surface area contributed by atoms with Crippen LogP contribution in [0.4, 0.5) is 0 Å². The van der Waals surface area contributed by atoms with Crippen LogP contribution in [0.15, 0.2) is 30.5 Å². The summed E-state index contributed by atoms with van der Waals surface area (Å²) in [6.07, 6.45) is 5.22. The van der Waals surface area contributed by atoms with Gasteiger partial charge in [-0.25, -0.2) is 0 Å². The second-order valence-corrected chi connectivity index (χ2v) is 4.74. The molecular weight excluding hydrogens is 242 g/mol. The molecule has 1 aliphatic rings. The van der Waals surface area contributed by atoms with Crippen molar-refractivity contribution in [3.05, 3.63) is 30.5 Å². The highest BCUT2D eigenvalue weighted by Gasteiger charge is 2.13. The van der Waals surface area contributed by atoms with Gasteiger partial charge in [-0.1, -0.05) is 0 Å². The Hall–Kier alpha value is -1.52. The summed E-state index contributed by atoms with van der Waals surface area (Å²) < 4.78 is 16.8. The maximum atomic E-state index is 5.67. The summed E-state index contributed by atoms with van der Waals surface area (Å²) in [5.41, 5.74) is 1.09. The van der Waals surface area contributed by atoms with E-state index in [2.05, 4.69) is 4.98 Å². The molecule has 1 aromatic carbocycles. The molecule has 4 heteroatoms. The molecule has 1 fully saturated rings. The van der Waals surface area contributed by atoms with E-state index in [4.69, 9.17) is 14.2 Å². The highest BCUT2D eigenvalue weighted by Crippen LogP contribution is 2.19. The molecule has 2 heterocycles. The summed E-state index contributed by atoms with van der Waals surface area (Å²) in [5, 5.41) is 1.19. The first-order valence-corrected chi connectivity index (χ1v) is 6.85. The quantitative estimate of drug-likeness (QED) is 0.841.